The number of rotatable bonds is 3. The van der Waals surface area contributed by atoms with Crippen molar-refractivity contribution in [3.8, 4) is 6.07 Å². The van der Waals surface area contributed by atoms with E-state index in [1.807, 2.05) is 0 Å². The Morgan fingerprint density at radius 3 is 2.21 bits per heavy atom. The maximum atomic E-state index is 9.36. The molecule has 0 aromatic heterocycles. The Kier molecular flexibility index (Phi) is 4.27. The van der Waals surface area contributed by atoms with Crippen molar-refractivity contribution < 1.29 is 0 Å². The van der Waals surface area contributed by atoms with Crippen molar-refractivity contribution in [2.24, 2.45) is 0 Å². The van der Waals surface area contributed by atoms with Gasteiger partial charge in [-0.05, 0) is 29.4 Å². The maximum Gasteiger partial charge on any atom is 0.121 e. The van der Waals surface area contributed by atoms with E-state index < -0.39 is 0 Å². The first-order chi connectivity index (χ1) is 9.00. The Balaban J connectivity index is 2.08. The summed E-state index contributed by atoms with van der Waals surface area (Å²) in [6.45, 7) is 6.63. The van der Waals surface area contributed by atoms with Crippen LogP contribution in [0, 0.1) is 11.3 Å². The highest BCUT2D eigenvalue weighted by molar-refractivity contribution is 5.31. The first-order valence-electron chi connectivity index (χ1n) is 7.27. The molecule has 0 bridgehead atoms. The molecule has 2 nitrogen and oxygen atoms in total. The van der Waals surface area contributed by atoms with Gasteiger partial charge in [0.15, 0.2) is 0 Å². The van der Waals surface area contributed by atoms with Gasteiger partial charge in [0, 0.05) is 6.04 Å². The molecule has 1 aromatic carbocycles. The van der Waals surface area contributed by atoms with Crippen molar-refractivity contribution in [2.75, 3.05) is 0 Å². The molecular weight excluding hydrogens is 232 g/mol. The van der Waals surface area contributed by atoms with Crippen LogP contribution in [-0.4, -0.2) is 6.04 Å². The average molecular weight is 256 g/mol. The Bertz CT molecular complexity index is 442. The van der Waals surface area contributed by atoms with E-state index in [1.54, 1.807) is 0 Å². The predicted molar refractivity (Wildman–Crippen MR) is 78.9 cm³/mol. The summed E-state index contributed by atoms with van der Waals surface area (Å²) in [7, 11) is 0. The molecule has 19 heavy (non-hydrogen) atoms. The zero-order valence-electron chi connectivity index (χ0n) is 12.2. The van der Waals surface area contributed by atoms with Gasteiger partial charge < -0.3 is 0 Å². The van der Waals surface area contributed by atoms with Crippen LogP contribution in [0.2, 0.25) is 0 Å². The molecule has 1 N–H and O–H groups in total. The van der Waals surface area contributed by atoms with Crippen molar-refractivity contribution in [3.63, 3.8) is 0 Å². The van der Waals surface area contributed by atoms with E-state index in [0.717, 1.165) is 5.56 Å². The highest BCUT2D eigenvalue weighted by Gasteiger charge is 2.20. The Hall–Kier alpha value is -1.33. The molecule has 1 aromatic rings. The van der Waals surface area contributed by atoms with Crippen LogP contribution in [0.15, 0.2) is 24.3 Å². The minimum Gasteiger partial charge on any atom is -0.295 e. The van der Waals surface area contributed by atoms with Crippen molar-refractivity contribution in [1.82, 2.24) is 5.32 Å². The average Bonchev–Trinajstić information content (AvgIpc) is 2.88. The minimum atomic E-state index is -0.169. The fraction of sp³-hybridized carbons (Fsp3) is 0.588. The van der Waals surface area contributed by atoms with Gasteiger partial charge in [-0.15, -0.1) is 0 Å². The standard InChI is InChI=1S/C17H24N2/c1-17(2,3)14-10-8-13(9-11-14)16(12-18)19-15-6-4-5-7-15/h8-11,15-16,19H,4-7H2,1-3H3. The summed E-state index contributed by atoms with van der Waals surface area (Å²) in [5.41, 5.74) is 2.57. The van der Waals surface area contributed by atoms with E-state index in [2.05, 4.69) is 56.4 Å². The second-order valence-electron chi connectivity index (χ2n) is 6.58. The Morgan fingerprint density at radius 2 is 1.74 bits per heavy atom. The molecule has 0 saturated heterocycles. The van der Waals surface area contributed by atoms with Crippen LogP contribution in [-0.2, 0) is 5.41 Å². The van der Waals surface area contributed by atoms with E-state index in [1.165, 1.54) is 31.2 Å². The van der Waals surface area contributed by atoms with E-state index in [9.17, 15) is 5.26 Å². The fourth-order valence-electron chi connectivity index (χ4n) is 2.71. The van der Waals surface area contributed by atoms with Crippen molar-refractivity contribution in [1.29, 1.82) is 5.26 Å². The third-order valence-electron chi connectivity index (χ3n) is 4.00. The fourth-order valence-corrected chi connectivity index (χ4v) is 2.71. The van der Waals surface area contributed by atoms with Crippen molar-refractivity contribution in [2.45, 2.75) is 64.0 Å². The van der Waals surface area contributed by atoms with E-state index in [-0.39, 0.29) is 11.5 Å². The van der Waals surface area contributed by atoms with Gasteiger partial charge in [-0.1, -0.05) is 57.9 Å². The van der Waals surface area contributed by atoms with Crippen LogP contribution in [0.1, 0.15) is 63.6 Å². The lowest BCUT2D eigenvalue weighted by atomic mass is 9.86. The van der Waals surface area contributed by atoms with Gasteiger partial charge >= 0.3 is 0 Å². The van der Waals surface area contributed by atoms with E-state index in [4.69, 9.17) is 0 Å². The Labute approximate surface area is 116 Å². The Morgan fingerprint density at radius 1 is 1.16 bits per heavy atom. The number of nitrogens with zero attached hydrogens (tertiary/aromatic N) is 1. The molecule has 1 aliphatic rings. The highest BCUT2D eigenvalue weighted by Crippen LogP contribution is 2.25. The van der Waals surface area contributed by atoms with Crippen LogP contribution in [0.3, 0.4) is 0 Å². The number of benzene rings is 1. The van der Waals surface area contributed by atoms with Gasteiger partial charge in [-0.25, -0.2) is 0 Å². The molecule has 0 spiro atoms. The van der Waals surface area contributed by atoms with Gasteiger partial charge in [-0.3, -0.25) is 5.32 Å². The summed E-state index contributed by atoms with van der Waals surface area (Å²) in [6.07, 6.45) is 4.99. The molecule has 0 heterocycles. The van der Waals surface area contributed by atoms with Gasteiger partial charge in [0.2, 0.25) is 0 Å². The number of hydrogen-bond donors (Lipinski definition) is 1. The summed E-state index contributed by atoms with van der Waals surface area (Å²) in [4.78, 5) is 0. The second kappa shape index (κ2) is 5.75. The molecule has 1 aliphatic carbocycles. The van der Waals surface area contributed by atoms with Crippen LogP contribution in [0.5, 0.6) is 0 Å². The quantitative estimate of drug-likeness (QED) is 0.884. The molecule has 2 rings (SSSR count). The molecular formula is C17H24N2. The summed E-state index contributed by atoms with van der Waals surface area (Å²) in [6, 6.07) is 11.2. The van der Waals surface area contributed by atoms with Crippen molar-refractivity contribution >= 4 is 0 Å². The number of nitrogens with one attached hydrogen (secondary N) is 1. The van der Waals surface area contributed by atoms with E-state index >= 15 is 0 Å². The predicted octanol–water partition coefficient (Wildman–Crippen LogP) is 4.08. The molecule has 1 unspecified atom stereocenters. The lowest BCUT2D eigenvalue weighted by molar-refractivity contribution is 0.492. The lowest BCUT2D eigenvalue weighted by Crippen LogP contribution is -2.29. The lowest BCUT2D eigenvalue weighted by Gasteiger charge is -2.21. The molecule has 0 radical (unpaired) electrons. The van der Waals surface area contributed by atoms with Gasteiger partial charge in [0.1, 0.15) is 6.04 Å². The number of nitriles is 1. The van der Waals surface area contributed by atoms with Gasteiger partial charge in [0.05, 0.1) is 6.07 Å². The zero-order chi connectivity index (χ0) is 13.9. The highest BCUT2D eigenvalue weighted by atomic mass is 15.0. The minimum absolute atomic E-state index is 0.166. The monoisotopic (exact) mass is 256 g/mol. The van der Waals surface area contributed by atoms with E-state index in [0.29, 0.717) is 6.04 Å². The largest absolute Gasteiger partial charge is 0.295 e. The van der Waals surface area contributed by atoms with Crippen LogP contribution in [0.4, 0.5) is 0 Å². The first-order valence-corrected chi connectivity index (χ1v) is 7.27. The third kappa shape index (κ3) is 3.58. The first kappa shape index (κ1) is 14.1. The summed E-state index contributed by atoms with van der Waals surface area (Å²) >= 11 is 0. The molecule has 102 valence electrons. The molecule has 0 aliphatic heterocycles. The van der Waals surface area contributed by atoms with Crippen LogP contribution >= 0.6 is 0 Å². The van der Waals surface area contributed by atoms with Gasteiger partial charge in [0.25, 0.3) is 0 Å². The summed E-state index contributed by atoms with van der Waals surface area (Å²) in [5.74, 6) is 0. The molecule has 0 amide bonds. The topological polar surface area (TPSA) is 35.8 Å². The maximum absolute atomic E-state index is 9.36. The third-order valence-corrected chi connectivity index (χ3v) is 4.00. The van der Waals surface area contributed by atoms with Crippen LogP contribution < -0.4 is 5.32 Å². The summed E-state index contributed by atoms with van der Waals surface area (Å²) < 4.78 is 0. The molecule has 1 atom stereocenters. The van der Waals surface area contributed by atoms with Crippen LogP contribution in [0.25, 0.3) is 0 Å². The molecule has 1 saturated carbocycles. The number of hydrogen-bond acceptors (Lipinski definition) is 2. The molecule has 1 fully saturated rings. The summed E-state index contributed by atoms with van der Waals surface area (Å²) in [5, 5.41) is 12.8. The normalized spacial score (nSPS) is 18.2. The SMILES string of the molecule is CC(C)(C)c1ccc(C(C#N)NC2CCCC2)cc1. The van der Waals surface area contributed by atoms with Gasteiger partial charge in [-0.2, -0.15) is 5.26 Å². The van der Waals surface area contributed by atoms with Crippen molar-refractivity contribution in [3.05, 3.63) is 35.4 Å². The smallest absolute Gasteiger partial charge is 0.121 e. The molecule has 2 heteroatoms. The zero-order valence-corrected chi connectivity index (χ0v) is 12.2. The second-order valence-corrected chi connectivity index (χ2v) is 6.58.